The summed E-state index contributed by atoms with van der Waals surface area (Å²) in [7, 11) is 0. The lowest BCUT2D eigenvalue weighted by atomic mass is 10.2. The lowest BCUT2D eigenvalue weighted by Crippen LogP contribution is -2.13. The minimum Gasteiger partial charge on any atom is -0.341 e. The molecule has 0 aliphatic rings. The van der Waals surface area contributed by atoms with Gasteiger partial charge in [0.15, 0.2) is 0 Å². The smallest absolute Gasteiger partial charge is 0.121 e. The zero-order valence-corrected chi connectivity index (χ0v) is 13.0. The fraction of sp³-hybridized carbons (Fsp3) is 0.133. The molecule has 20 heavy (non-hydrogen) atoms. The first-order valence-corrected chi connectivity index (χ1v) is 7.48. The molecule has 0 saturated carbocycles. The molecule has 0 radical (unpaired) electrons. The summed E-state index contributed by atoms with van der Waals surface area (Å²) in [6, 6.07) is 13.9. The highest BCUT2D eigenvalue weighted by atomic mass is 79.9. The molecule has 0 unspecified atom stereocenters. The van der Waals surface area contributed by atoms with E-state index in [4.69, 9.17) is 11.6 Å². The highest BCUT2D eigenvalue weighted by molar-refractivity contribution is 9.10. The zero-order valence-electron chi connectivity index (χ0n) is 10.7. The molecule has 0 spiro atoms. The number of imidazole rings is 1. The lowest BCUT2D eigenvalue weighted by Gasteiger charge is -2.05. The number of para-hydroxylation sites is 2. The van der Waals surface area contributed by atoms with Gasteiger partial charge in [-0.25, -0.2) is 4.98 Å². The van der Waals surface area contributed by atoms with Gasteiger partial charge in [-0.15, -0.1) is 0 Å². The summed E-state index contributed by atoms with van der Waals surface area (Å²) in [5, 5.41) is 4.11. The third-order valence-corrected chi connectivity index (χ3v) is 3.91. The maximum absolute atomic E-state index is 6.18. The number of nitrogens with zero attached hydrogens (tertiary/aromatic N) is 1. The van der Waals surface area contributed by atoms with Gasteiger partial charge in [-0.05, 0) is 29.8 Å². The molecule has 0 amide bonds. The van der Waals surface area contributed by atoms with E-state index in [1.54, 1.807) is 0 Å². The monoisotopic (exact) mass is 349 g/mol. The predicted octanol–water partition coefficient (Wildman–Crippen LogP) is 4.27. The number of fused-ring (bicyclic) bond motifs is 1. The number of hydrogen-bond acceptors (Lipinski definition) is 2. The van der Waals surface area contributed by atoms with Gasteiger partial charge in [-0.2, -0.15) is 0 Å². The Hall–Kier alpha value is -1.36. The Balaban J connectivity index is 1.64. The summed E-state index contributed by atoms with van der Waals surface area (Å²) < 4.78 is 0.989. The van der Waals surface area contributed by atoms with E-state index in [0.29, 0.717) is 13.1 Å². The quantitative estimate of drug-likeness (QED) is 0.738. The van der Waals surface area contributed by atoms with Crippen LogP contribution in [0.1, 0.15) is 11.4 Å². The van der Waals surface area contributed by atoms with Gasteiger partial charge >= 0.3 is 0 Å². The van der Waals surface area contributed by atoms with Crippen LogP contribution in [0.5, 0.6) is 0 Å². The highest BCUT2D eigenvalue weighted by Gasteiger charge is 2.03. The Morgan fingerprint density at radius 1 is 1.15 bits per heavy atom. The molecule has 2 N–H and O–H groups in total. The normalized spacial score (nSPS) is 11.1. The second-order valence-electron chi connectivity index (χ2n) is 4.54. The van der Waals surface area contributed by atoms with E-state index in [-0.39, 0.29) is 0 Å². The van der Waals surface area contributed by atoms with E-state index in [0.717, 1.165) is 31.9 Å². The standard InChI is InChI=1S/C15H13BrClN3/c16-11-6-5-10(12(17)7-11)8-18-9-15-19-13-3-1-2-4-14(13)20-15/h1-7,18H,8-9H2,(H,19,20). The summed E-state index contributed by atoms with van der Waals surface area (Å²) in [4.78, 5) is 7.81. The van der Waals surface area contributed by atoms with Gasteiger partial charge in [0.05, 0.1) is 17.6 Å². The lowest BCUT2D eigenvalue weighted by molar-refractivity contribution is 0.670. The first-order valence-electron chi connectivity index (χ1n) is 6.30. The molecule has 0 fully saturated rings. The second kappa shape index (κ2) is 5.95. The van der Waals surface area contributed by atoms with E-state index in [1.165, 1.54) is 0 Å². The van der Waals surface area contributed by atoms with Gasteiger partial charge in [0, 0.05) is 16.0 Å². The number of rotatable bonds is 4. The van der Waals surface area contributed by atoms with Crippen LogP contribution in [0.3, 0.4) is 0 Å². The largest absolute Gasteiger partial charge is 0.341 e. The van der Waals surface area contributed by atoms with Gasteiger partial charge in [0.1, 0.15) is 5.82 Å². The molecule has 3 nitrogen and oxygen atoms in total. The van der Waals surface area contributed by atoms with E-state index in [2.05, 4.69) is 31.2 Å². The molecular formula is C15H13BrClN3. The molecule has 1 heterocycles. The summed E-state index contributed by atoms with van der Waals surface area (Å²) in [6.07, 6.45) is 0. The van der Waals surface area contributed by atoms with Crippen LogP contribution in [-0.2, 0) is 13.1 Å². The number of hydrogen-bond donors (Lipinski definition) is 2. The van der Waals surface area contributed by atoms with Gasteiger partial charge in [0.25, 0.3) is 0 Å². The number of nitrogens with one attached hydrogen (secondary N) is 2. The fourth-order valence-corrected chi connectivity index (χ4v) is 2.81. The molecule has 102 valence electrons. The summed E-state index contributed by atoms with van der Waals surface area (Å²) >= 11 is 9.58. The molecule has 3 aromatic rings. The van der Waals surface area contributed by atoms with Crippen molar-refractivity contribution >= 4 is 38.6 Å². The topological polar surface area (TPSA) is 40.7 Å². The maximum Gasteiger partial charge on any atom is 0.121 e. The Kier molecular flexibility index (Phi) is 4.05. The minimum absolute atomic E-state index is 0.682. The van der Waals surface area contributed by atoms with Gasteiger partial charge in [-0.1, -0.05) is 45.7 Å². The Labute approximate surface area is 130 Å². The third kappa shape index (κ3) is 3.03. The zero-order chi connectivity index (χ0) is 13.9. The van der Waals surface area contributed by atoms with Crippen LogP contribution in [0.4, 0.5) is 0 Å². The Morgan fingerprint density at radius 3 is 2.80 bits per heavy atom. The number of halogens is 2. The van der Waals surface area contributed by atoms with Crippen LogP contribution in [0, 0.1) is 0 Å². The van der Waals surface area contributed by atoms with Gasteiger partial charge < -0.3 is 10.3 Å². The minimum atomic E-state index is 0.682. The molecule has 3 rings (SSSR count). The number of aromatic amines is 1. The molecule has 0 bridgehead atoms. The molecule has 2 aromatic carbocycles. The maximum atomic E-state index is 6.18. The van der Waals surface area contributed by atoms with Crippen LogP contribution in [0.15, 0.2) is 46.9 Å². The first kappa shape index (κ1) is 13.6. The molecule has 0 aliphatic carbocycles. The molecular weight excluding hydrogens is 338 g/mol. The SMILES string of the molecule is Clc1cc(Br)ccc1CNCc1nc2ccccc2[nH]1. The van der Waals surface area contributed by atoms with E-state index >= 15 is 0 Å². The van der Waals surface area contributed by atoms with Crippen molar-refractivity contribution in [2.24, 2.45) is 0 Å². The van der Waals surface area contributed by atoms with Crippen molar-refractivity contribution in [3.63, 3.8) is 0 Å². The van der Waals surface area contributed by atoms with Crippen molar-refractivity contribution in [2.45, 2.75) is 13.1 Å². The summed E-state index contributed by atoms with van der Waals surface area (Å²) in [5.41, 5.74) is 3.13. The number of benzene rings is 2. The van der Waals surface area contributed by atoms with E-state index in [1.807, 2.05) is 42.5 Å². The summed E-state index contributed by atoms with van der Waals surface area (Å²) in [6.45, 7) is 1.39. The van der Waals surface area contributed by atoms with E-state index in [9.17, 15) is 0 Å². The van der Waals surface area contributed by atoms with Crippen molar-refractivity contribution in [3.8, 4) is 0 Å². The average molecular weight is 351 g/mol. The van der Waals surface area contributed by atoms with Gasteiger partial charge in [-0.3, -0.25) is 0 Å². The first-order chi connectivity index (χ1) is 9.72. The number of H-pyrrole nitrogens is 1. The van der Waals surface area contributed by atoms with Crippen LogP contribution >= 0.6 is 27.5 Å². The third-order valence-electron chi connectivity index (χ3n) is 3.06. The molecule has 0 atom stereocenters. The van der Waals surface area contributed by atoms with Crippen LogP contribution < -0.4 is 5.32 Å². The average Bonchev–Trinajstić information content (AvgIpc) is 2.84. The van der Waals surface area contributed by atoms with Crippen molar-refractivity contribution in [1.82, 2.24) is 15.3 Å². The number of aromatic nitrogens is 2. The highest BCUT2D eigenvalue weighted by Crippen LogP contribution is 2.21. The molecule has 5 heteroatoms. The summed E-state index contributed by atoms with van der Waals surface area (Å²) in [5.74, 6) is 0.930. The Morgan fingerprint density at radius 2 is 2.00 bits per heavy atom. The van der Waals surface area contributed by atoms with Crippen molar-refractivity contribution < 1.29 is 0 Å². The van der Waals surface area contributed by atoms with Crippen LogP contribution in [0.2, 0.25) is 5.02 Å². The second-order valence-corrected chi connectivity index (χ2v) is 5.86. The van der Waals surface area contributed by atoms with Crippen molar-refractivity contribution in [1.29, 1.82) is 0 Å². The van der Waals surface area contributed by atoms with Crippen LogP contribution in [-0.4, -0.2) is 9.97 Å². The molecule has 1 aromatic heterocycles. The molecule has 0 saturated heterocycles. The van der Waals surface area contributed by atoms with Crippen molar-refractivity contribution in [2.75, 3.05) is 0 Å². The predicted molar refractivity (Wildman–Crippen MR) is 85.8 cm³/mol. The molecule has 0 aliphatic heterocycles. The fourth-order valence-electron chi connectivity index (χ4n) is 2.07. The Bertz CT molecular complexity index is 706. The van der Waals surface area contributed by atoms with Gasteiger partial charge in [0.2, 0.25) is 0 Å². The van der Waals surface area contributed by atoms with Crippen LogP contribution in [0.25, 0.3) is 11.0 Å². The van der Waals surface area contributed by atoms with Crippen molar-refractivity contribution in [3.05, 3.63) is 63.3 Å². The van der Waals surface area contributed by atoms with E-state index < -0.39 is 0 Å².